The minimum absolute atomic E-state index is 0.106. The Morgan fingerprint density at radius 1 is 1.09 bits per heavy atom. The number of para-hydroxylation sites is 1. The van der Waals surface area contributed by atoms with Gasteiger partial charge in [-0.1, -0.05) is 56.6 Å². The number of halogens is 1. The molecule has 0 aromatic heterocycles. The van der Waals surface area contributed by atoms with Gasteiger partial charge in [0.2, 0.25) is 0 Å². The summed E-state index contributed by atoms with van der Waals surface area (Å²) in [5.41, 5.74) is 0.871. The molecule has 4 heteroatoms. The predicted molar refractivity (Wildman–Crippen MR) is 87.7 cm³/mol. The Kier molecular flexibility index (Phi) is 5.09. The largest absolute Gasteiger partial charge is 0.482 e. The average Bonchev–Trinajstić information content (AvgIpc) is 2.45. The highest BCUT2D eigenvalue weighted by Crippen LogP contribution is 2.31. The van der Waals surface area contributed by atoms with Gasteiger partial charge in [0, 0.05) is 10.6 Å². The molecule has 22 heavy (non-hydrogen) atoms. The molecule has 0 bridgehead atoms. The standard InChI is InChI=1S/C18H19ClO3/c1-18(2,3)15-9-4-5-10-16(15)22-17(20)12-21-14-8-6-7-13(19)11-14/h4-11H,12H2,1-3H3. The summed E-state index contributed by atoms with van der Waals surface area (Å²) < 4.78 is 10.8. The van der Waals surface area contributed by atoms with Crippen molar-refractivity contribution in [3.05, 3.63) is 59.1 Å². The van der Waals surface area contributed by atoms with Crippen molar-refractivity contribution in [2.24, 2.45) is 0 Å². The van der Waals surface area contributed by atoms with Crippen LogP contribution >= 0.6 is 11.6 Å². The number of hydrogen-bond donors (Lipinski definition) is 0. The molecule has 2 rings (SSSR count). The number of hydrogen-bond acceptors (Lipinski definition) is 3. The van der Waals surface area contributed by atoms with E-state index < -0.39 is 5.97 Å². The molecule has 0 atom stereocenters. The molecule has 116 valence electrons. The molecule has 0 aliphatic rings. The van der Waals surface area contributed by atoms with E-state index in [9.17, 15) is 4.79 Å². The van der Waals surface area contributed by atoms with Gasteiger partial charge in [0.1, 0.15) is 11.5 Å². The van der Waals surface area contributed by atoms with Crippen LogP contribution in [0.3, 0.4) is 0 Å². The fourth-order valence-electron chi connectivity index (χ4n) is 2.03. The maximum absolute atomic E-state index is 12.0. The van der Waals surface area contributed by atoms with Crippen LogP contribution < -0.4 is 9.47 Å². The van der Waals surface area contributed by atoms with Gasteiger partial charge >= 0.3 is 5.97 Å². The number of carbonyl (C=O) groups excluding carboxylic acids is 1. The molecule has 2 aromatic carbocycles. The zero-order valence-corrected chi connectivity index (χ0v) is 13.7. The van der Waals surface area contributed by atoms with Crippen LogP contribution in [0.1, 0.15) is 26.3 Å². The minimum atomic E-state index is -0.448. The number of ether oxygens (including phenoxy) is 2. The molecule has 2 aromatic rings. The Morgan fingerprint density at radius 3 is 2.50 bits per heavy atom. The third-order valence-corrected chi connectivity index (χ3v) is 3.31. The predicted octanol–water partition coefficient (Wildman–Crippen LogP) is 4.62. The number of carbonyl (C=O) groups is 1. The summed E-state index contributed by atoms with van der Waals surface area (Å²) in [5.74, 6) is 0.653. The molecule has 0 fully saturated rings. The molecule has 3 nitrogen and oxygen atoms in total. The van der Waals surface area contributed by atoms with Crippen LogP contribution in [0, 0.1) is 0 Å². The van der Waals surface area contributed by atoms with Gasteiger partial charge in [-0.3, -0.25) is 0 Å². The van der Waals surface area contributed by atoms with E-state index in [2.05, 4.69) is 20.8 Å². The smallest absolute Gasteiger partial charge is 0.349 e. The molecule has 0 aliphatic carbocycles. The lowest BCUT2D eigenvalue weighted by Gasteiger charge is -2.22. The summed E-state index contributed by atoms with van der Waals surface area (Å²) >= 11 is 5.86. The topological polar surface area (TPSA) is 35.5 Å². The highest BCUT2D eigenvalue weighted by molar-refractivity contribution is 6.30. The Bertz CT molecular complexity index is 659. The first-order valence-corrected chi connectivity index (χ1v) is 7.42. The van der Waals surface area contributed by atoms with Crippen molar-refractivity contribution < 1.29 is 14.3 Å². The van der Waals surface area contributed by atoms with E-state index in [4.69, 9.17) is 21.1 Å². The van der Waals surface area contributed by atoms with Crippen molar-refractivity contribution in [1.82, 2.24) is 0 Å². The van der Waals surface area contributed by atoms with E-state index in [0.29, 0.717) is 16.5 Å². The van der Waals surface area contributed by atoms with E-state index in [1.165, 1.54) is 0 Å². The van der Waals surface area contributed by atoms with Gasteiger partial charge in [-0.15, -0.1) is 0 Å². The van der Waals surface area contributed by atoms with Gasteiger partial charge in [-0.05, 0) is 29.7 Å². The molecule has 0 heterocycles. The molecule has 0 N–H and O–H groups in total. The molecule has 0 unspecified atom stereocenters. The van der Waals surface area contributed by atoms with Crippen LogP contribution in [0.15, 0.2) is 48.5 Å². The van der Waals surface area contributed by atoms with Crippen molar-refractivity contribution in [2.45, 2.75) is 26.2 Å². The summed E-state index contributed by atoms with van der Waals surface area (Å²) in [4.78, 5) is 12.0. The molecule has 0 saturated heterocycles. The van der Waals surface area contributed by atoms with Gasteiger partial charge < -0.3 is 9.47 Å². The quantitative estimate of drug-likeness (QED) is 0.609. The van der Waals surface area contributed by atoms with Gasteiger partial charge in [0.15, 0.2) is 6.61 Å². The monoisotopic (exact) mass is 318 g/mol. The first-order valence-electron chi connectivity index (χ1n) is 7.05. The number of esters is 1. The van der Waals surface area contributed by atoms with Crippen molar-refractivity contribution >= 4 is 17.6 Å². The second kappa shape index (κ2) is 6.84. The first kappa shape index (κ1) is 16.4. The van der Waals surface area contributed by atoms with E-state index in [1.54, 1.807) is 30.3 Å². The minimum Gasteiger partial charge on any atom is -0.482 e. The number of rotatable bonds is 4. The Labute approximate surface area is 135 Å². The highest BCUT2D eigenvalue weighted by atomic mass is 35.5. The van der Waals surface area contributed by atoms with Crippen molar-refractivity contribution in [3.63, 3.8) is 0 Å². The maximum Gasteiger partial charge on any atom is 0.349 e. The molecule has 0 aliphatic heterocycles. The van der Waals surface area contributed by atoms with E-state index in [0.717, 1.165) is 5.56 Å². The fraction of sp³-hybridized carbons (Fsp3) is 0.278. The van der Waals surface area contributed by atoms with E-state index >= 15 is 0 Å². The normalized spacial score (nSPS) is 11.1. The van der Waals surface area contributed by atoms with Crippen molar-refractivity contribution in [2.75, 3.05) is 6.61 Å². The van der Waals surface area contributed by atoms with Crippen molar-refractivity contribution in [1.29, 1.82) is 0 Å². The Morgan fingerprint density at radius 2 is 1.82 bits per heavy atom. The number of benzene rings is 2. The first-order chi connectivity index (χ1) is 10.4. The van der Waals surface area contributed by atoms with Crippen LogP contribution in [0.25, 0.3) is 0 Å². The average molecular weight is 319 g/mol. The van der Waals surface area contributed by atoms with Gasteiger partial charge in [-0.2, -0.15) is 0 Å². The summed E-state index contributed by atoms with van der Waals surface area (Å²) in [6.45, 7) is 6.05. The molecule has 0 saturated carbocycles. The second-order valence-corrected chi connectivity index (χ2v) is 6.40. The van der Waals surface area contributed by atoms with Gasteiger partial charge in [-0.25, -0.2) is 4.79 Å². The third kappa shape index (κ3) is 4.50. The van der Waals surface area contributed by atoms with E-state index in [-0.39, 0.29) is 12.0 Å². The Hall–Kier alpha value is -2.00. The fourth-order valence-corrected chi connectivity index (χ4v) is 2.21. The zero-order valence-electron chi connectivity index (χ0n) is 12.9. The molecular formula is C18H19ClO3. The zero-order chi connectivity index (χ0) is 16.2. The van der Waals surface area contributed by atoms with Gasteiger partial charge in [0.25, 0.3) is 0 Å². The highest BCUT2D eigenvalue weighted by Gasteiger charge is 2.20. The molecule has 0 spiro atoms. The Balaban J connectivity index is 2.01. The SMILES string of the molecule is CC(C)(C)c1ccccc1OC(=O)COc1cccc(Cl)c1. The molecule has 0 amide bonds. The van der Waals surface area contributed by atoms with Crippen LogP contribution in [-0.2, 0) is 10.2 Å². The lowest BCUT2D eigenvalue weighted by atomic mass is 9.86. The lowest BCUT2D eigenvalue weighted by molar-refractivity contribution is -0.136. The van der Waals surface area contributed by atoms with Crippen LogP contribution in [0.2, 0.25) is 5.02 Å². The summed E-state index contributed by atoms with van der Waals surface area (Å²) in [5, 5.41) is 0.559. The molecular weight excluding hydrogens is 300 g/mol. The summed E-state index contributed by atoms with van der Waals surface area (Å²) in [6, 6.07) is 14.4. The molecule has 0 radical (unpaired) electrons. The van der Waals surface area contributed by atoms with Crippen molar-refractivity contribution in [3.8, 4) is 11.5 Å². The van der Waals surface area contributed by atoms with E-state index in [1.807, 2.05) is 18.2 Å². The van der Waals surface area contributed by atoms with Gasteiger partial charge in [0.05, 0.1) is 0 Å². The van der Waals surface area contributed by atoms with Crippen LogP contribution in [0.5, 0.6) is 11.5 Å². The second-order valence-electron chi connectivity index (χ2n) is 5.97. The summed E-state index contributed by atoms with van der Waals surface area (Å²) in [7, 11) is 0. The van der Waals surface area contributed by atoms with Crippen LogP contribution in [0.4, 0.5) is 0 Å². The summed E-state index contributed by atoms with van der Waals surface area (Å²) in [6.07, 6.45) is 0. The third-order valence-electron chi connectivity index (χ3n) is 3.07. The van der Waals surface area contributed by atoms with Crippen LogP contribution in [-0.4, -0.2) is 12.6 Å². The maximum atomic E-state index is 12.0. The lowest BCUT2D eigenvalue weighted by Crippen LogP contribution is -2.20.